The molecule has 0 saturated heterocycles. The molecule has 0 aromatic rings. The molecule has 0 radical (unpaired) electrons. The van der Waals surface area contributed by atoms with Gasteiger partial charge in [-0.15, -0.1) is 11.6 Å². The highest BCUT2D eigenvalue weighted by Gasteiger charge is 2.66. The molecule has 0 amide bonds. The fourth-order valence-corrected chi connectivity index (χ4v) is 7.61. The number of hydrogen-bond acceptors (Lipinski definition) is 4. The van der Waals surface area contributed by atoms with E-state index in [1.807, 2.05) is 0 Å². The highest BCUT2D eigenvalue weighted by Crippen LogP contribution is 2.67. The van der Waals surface area contributed by atoms with E-state index in [0.29, 0.717) is 37.6 Å². The van der Waals surface area contributed by atoms with Crippen LogP contribution in [0.3, 0.4) is 0 Å². The smallest absolute Gasteiger partial charge is 0.294 e. The molecule has 2 saturated carbocycles. The lowest BCUT2D eigenvalue weighted by atomic mass is 9.48. The van der Waals surface area contributed by atoms with Crippen molar-refractivity contribution in [2.45, 2.75) is 70.8 Å². The number of hydrogen-bond donors (Lipinski definition) is 0. The van der Waals surface area contributed by atoms with E-state index in [4.69, 9.17) is 16.3 Å². The Kier molecular flexibility index (Phi) is 4.46. The molecule has 4 nitrogen and oxygen atoms in total. The van der Waals surface area contributed by atoms with Crippen LogP contribution in [0.2, 0.25) is 0 Å². The zero-order chi connectivity index (χ0) is 20.5. The summed E-state index contributed by atoms with van der Waals surface area (Å²) in [6.45, 7) is 8.55. The summed E-state index contributed by atoms with van der Waals surface area (Å²) >= 11 is 6.40. The van der Waals surface area contributed by atoms with Gasteiger partial charge in [0, 0.05) is 10.8 Å². The molecule has 0 N–H and O–H groups in total. The molecule has 1 unspecified atom stereocenters. The summed E-state index contributed by atoms with van der Waals surface area (Å²) in [5, 5.41) is -0.479. The second-order valence-corrected chi connectivity index (χ2v) is 10.3. The van der Waals surface area contributed by atoms with Crippen LogP contribution in [-0.2, 0) is 19.1 Å². The predicted molar refractivity (Wildman–Crippen MR) is 107 cm³/mol. The lowest BCUT2D eigenvalue weighted by Crippen LogP contribution is -2.56. The lowest BCUT2D eigenvalue weighted by molar-refractivity contribution is -0.171. The van der Waals surface area contributed by atoms with Crippen LogP contribution in [0.5, 0.6) is 0 Å². The standard InChI is InChI=1S/C23H29ClO4/c1-13-9-15-16(21(3)11-19(24)20(27)10-18(13)21)5-7-22(4)17(15)6-8-23(22,14(2)26)28-12-25/h5,10,12-13,15,17,19H,6-9,11H2,1-4H3/t13-,15+,17-,19?,21+,22-,23-/m0/s1. The molecule has 4 aliphatic rings. The van der Waals surface area contributed by atoms with E-state index in [1.54, 1.807) is 13.0 Å². The summed E-state index contributed by atoms with van der Waals surface area (Å²) in [4.78, 5) is 36.2. The Morgan fingerprint density at radius 3 is 2.68 bits per heavy atom. The fraction of sp³-hybridized carbons (Fsp3) is 0.696. The first-order valence-corrected chi connectivity index (χ1v) is 10.8. The van der Waals surface area contributed by atoms with E-state index in [0.717, 1.165) is 12.8 Å². The van der Waals surface area contributed by atoms with Crippen molar-refractivity contribution in [2.75, 3.05) is 0 Å². The number of ketones is 2. The van der Waals surface area contributed by atoms with Gasteiger partial charge in [-0.1, -0.05) is 38.0 Å². The molecule has 2 fully saturated rings. The summed E-state index contributed by atoms with van der Waals surface area (Å²) in [5.74, 6) is 0.868. The van der Waals surface area contributed by atoms with Crippen molar-refractivity contribution in [1.82, 2.24) is 0 Å². The largest absolute Gasteiger partial charge is 0.453 e. The molecule has 4 aliphatic carbocycles. The van der Waals surface area contributed by atoms with Crippen molar-refractivity contribution in [2.24, 2.45) is 28.6 Å². The van der Waals surface area contributed by atoms with E-state index in [9.17, 15) is 14.4 Å². The van der Waals surface area contributed by atoms with Crippen LogP contribution >= 0.6 is 11.6 Å². The van der Waals surface area contributed by atoms with Crippen LogP contribution in [0.15, 0.2) is 23.3 Å². The van der Waals surface area contributed by atoms with Crippen molar-refractivity contribution >= 4 is 29.6 Å². The van der Waals surface area contributed by atoms with Crippen LogP contribution < -0.4 is 0 Å². The molecular formula is C23H29ClO4. The van der Waals surface area contributed by atoms with Crippen LogP contribution in [0.25, 0.3) is 0 Å². The summed E-state index contributed by atoms with van der Waals surface area (Å²) in [5.41, 5.74) is 0.968. The average molecular weight is 405 g/mol. The Labute approximate surface area is 171 Å². The summed E-state index contributed by atoms with van der Waals surface area (Å²) < 4.78 is 5.56. The maximum Gasteiger partial charge on any atom is 0.294 e. The van der Waals surface area contributed by atoms with Crippen molar-refractivity contribution in [1.29, 1.82) is 0 Å². The Bertz CT molecular complexity index is 813. The Balaban J connectivity index is 1.81. The molecule has 0 spiro atoms. The fourth-order valence-electron chi connectivity index (χ4n) is 7.23. The third-order valence-electron chi connectivity index (χ3n) is 8.60. The van der Waals surface area contributed by atoms with Gasteiger partial charge >= 0.3 is 0 Å². The normalized spacial score (nSPS) is 47.2. The van der Waals surface area contributed by atoms with Crippen molar-refractivity contribution in [3.8, 4) is 0 Å². The van der Waals surface area contributed by atoms with Gasteiger partial charge in [-0.25, -0.2) is 0 Å². The van der Waals surface area contributed by atoms with E-state index >= 15 is 0 Å². The lowest BCUT2D eigenvalue weighted by Gasteiger charge is -2.56. The first kappa shape index (κ1) is 19.9. The van der Waals surface area contributed by atoms with Gasteiger partial charge in [0.2, 0.25) is 0 Å². The molecule has 5 heteroatoms. The average Bonchev–Trinajstić information content (AvgIpc) is 2.92. The van der Waals surface area contributed by atoms with Crippen molar-refractivity contribution < 1.29 is 19.1 Å². The number of Topliss-reactive ketones (excluding diaryl/α,β-unsaturated/α-hetero) is 1. The van der Waals surface area contributed by atoms with E-state index in [1.165, 1.54) is 11.1 Å². The number of carbonyl (C=O) groups is 3. The first-order chi connectivity index (χ1) is 13.1. The number of fused-ring (bicyclic) bond motifs is 5. The topological polar surface area (TPSA) is 60.4 Å². The number of ether oxygens (including phenoxy) is 1. The minimum Gasteiger partial charge on any atom is -0.453 e. The van der Waals surface area contributed by atoms with Crippen molar-refractivity contribution in [3.63, 3.8) is 0 Å². The number of carbonyl (C=O) groups excluding carboxylic acids is 3. The molecule has 0 bridgehead atoms. The third kappa shape index (κ3) is 2.33. The molecule has 152 valence electrons. The zero-order valence-electron chi connectivity index (χ0n) is 17.1. The van der Waals surface area contributed by atoms with Crippen LogP contribution in [0.4, 0.5) is 0 Å². The number of halogens is 1. The molecule has 0 heterocycles. The maximum absolute atomic E-state index is 12.6. The highest BCUT2D eigenvalue weighted by molar-refractivity contribution is 6.33. The summed E-state index contributed by atoms with van der Waals surface area (Å²) in [6, 6.07) is 0. The predicted octanol–water partition coefficient (Wildman–Crippen LogP) is 4.40. The van der Waals surface area contributed by atoms with Crippen LogP contribution in [0, 0.1) is 28.6 Å². The van der Waals surface area contributed by atoms with E-state index < -0.39 is 16.4 Å². The molecule has 4 rings (SSSR count). The zero-order valence-corrected chi connectivity index (χ0v) is 17.8. The van der Waals surface area contributed by atoms with Gasteiger partial charge in [-0.3, -0.25) is 14.4 Å². The van der Waals surface area contributed by atoms with E-state index in [-0.39, 0.29) is 22.9 Å². The Morgan fingerprint density at radius 2 is 2.04 bits per heavy atom. The monoisotopic (exact) mass is 404 g/mol. The van der Waals surface area contributed by atoms with Gasteiger partial charge in [0.15, 0.2) is 17.2 Å². The number of alkyl halides is 1. The number of rotatable bonds is 3. The van der Waals surface area contributed by atoms with Crippen LogP contribution in [-0.4, -0.2) is 29.0 Å². The van der Waals surface area contributed by atoms with Gasteiger partial charge in [-0.05, 0) is 62.9 Å². The van der Waals surface area contributed by atoms with Gasteiger partial charge in [0.25, 0.3) is 6.47 Å². The first-order valence-electron chi connectivity index (χ1n) is 10.3. The summed E-state index contributed by atoms with van der Waals surface area (Å²) in [7, 11) is 0. The molecule has 28 heavy (non-hydrogen) atoms. The minimum absolute atomic E-state index is 0.0246. The molecule has 0 aromatic carbocycles. The Hall–Kier alpha value is -1.42. The second kappa shape index (κ2) is 6.29. The van der Waals surface area contributed by atoms with Gasteiger partial charge in [-0.2, -0.15) is 0 Å². The van der Waals surface area contributed by atoms with Gasteiger partial charge in [0.05, 0.1) is 5.38 Å². The van der Waals surface area contributed by atoms with Gasteiger partial charge < -0.3 is 4.74 Å². The third-order valence-corrected chi connectivity index (χ3v) is 8.97. The molecule has 0 aromatic heterocycles. The SMILES string of the molecule is CC(=O)[C@@]1(OC=O)CC[C@H]2[C@@H]3C[C@H](C)C4=CC(=O)C(Cl)C[C@]4(C)C3=CC[C@@]21C. The second-order valence-electron chi connectivity index (χ2n) is 9.77. The molecule has 7 atom stereocenters. The van der Waals surface area contributed by atoms with Gasteiger partial charge in [0.1, 0.15) is 0 Å². The Morgan fingerprint density at radius 1 is 1.32 bits per heavy atom. The molecular weight excluding hydrogens is 376 g/mol. The van der Waals surface area contributed by atoms with Crippen LogP contribution in [0.1, 0.15) is 59.8 Å². The van der Waals surface area contributed by atoms with E-state index in [2.05, 4.69) is 26.8 Å². The number of allylic oxidation sites excluding steroid dienone is 4. The highest BCUT2D eigenvalue weighted by atomic mass is 35.5. The quantitative estimate of drug-likeness (QED) is 0.397. The minimum atomic E-state index is -1.03. The molecule has 0 aliphatic heterocycles. The summed E-state index contributed by atoms with van der Waals surface area (Å²) in [6.07, 6.45) is 7.83. The van der Waals surface area contributed by atoms with Crippen molar-refractivity contribution in [3.05, 3.63) is 23.3 Å². The maximum atomic E-state index is 12.6.